The second-order valence-corrected chi connectivity index (χ2v) is 3.72. The molecule has 0 saturated carbocycles. The fourth-order valence-electron chi connectivity index (χ4n) is 1.54. The molecule has 0 fully saturated rings. The highest BCUT2D eigenvalue weighted by molar-refractivity contribution is 5.99. The van der Waals surface area contributed by atoms with Crippen LogP contribution in [0.4, 0.5) is 0 Å². The van der Waals surface area contributed by atoms with Crippen molar-refractivity contribution in [3.63, 3.8) is 0 Å². The van der Waals surface area contributed by atoms with Gasteiger partial charge in [0.2, 0.25) is 0 Å². The number of ether oxygens (including phenoxy) is 1. The van der Waals surface area contributed by atoms with Gasteiger partial charge in [0.15, 0.2) is 0 Å². The summed E-state index contributed by atoms with van der Waals surface area (Å²) in [5.41, 5.74) is 0.557. The van der Waals surface area contributed by atoms with E-state index < -0.39 is 0 Å². The van der Waals surface area contributed by atoms with Crippen LogP contribution in [0.2, 0.25) is 0 Å². The van der Waals surface area contributed by atoms with E-state index in [1.165, 1.54) is 0 Å². The Labute approximate surface area is 94.4 Å². The summed E-state index contributed by atoms with van der Waals surface area (Å²) in [5, 5.41) is 0. The van der Waals surface area contributed by atoms with Gasteiger partial charge in [-0.3, -0.25) is 0 Å². The highest BCUT2D eigenvalue weighted by Gasteiger charge is 2.20. The Hall–Kier alpha value is -1.77. The fraction of sp³-hybridized carbons (Fsp3) is 0.308. The molecule has 0 spiro atoms. The van der Waals surface area contributed by atoms with Gasteiger partial charge in [0, 0.05) is 6.42 Å². The number of furan rings is 1. The van der Waals surface area contributed by atoms with Crippen LogP contribution in [0.5, 0.6) is 0 Å². The second-order valence-electron chi connectivity index (χ2n) is 3.72. The maximum absolute atomic E-state index is 11.5. The molecule has 0 saturated heterocycles. The third kappa shape index (κ3) is 2.42. The molecule has 2 rings (SSSR count). The molecule has 0 aliphatic carbocycles. The Morgan fingerprint density at radius 1 is 1.44 bits per heavy atom. The molecule has 3 nitrogen and oxygen atoms in total. The SMILES string of the molecule is CCCCC1=C/C(=C\c2ccco2)C(=O)O1. The van der Waals surface area contributed by atoms with Gasteiger partial charge in [0.05, 0.1) is 11.8 Å². The van der Waals surface area contributed by atoms with Crippen molar-refractivity contribution in [3.8, 4) is 0 Å². The van der Waals surface area contributed by atoms with E-state index in [1.54, 1.807) is 30.5 Å². The van der Waals surface area contributed by atoms with Crippen molar-refractivity contribution >= 4 is 12.0 Å². The van der Waals surface area contributed by atoms with Gasteiger partial charge in [0.1, 0.15) is 11.5 Å². The maximum Gasteiger partial charge on any atom is 0.343 e. The summed E-state index contributed by atoms with van der Waals surface area (Å²) in [6, 6.07) is 3.59. The van der Waals surface area contributed by atoms with E-state index in [0.717, 1.165) is 25.0 Å². The average molecular weight is 218 g/mol. The summed E-state index contributed by atoms with van der Waals surface area (Å²) < 4.78 is 10.3. The molecule has 2 heterocycles. The molecule has 0 unspecified atom stereocenters. The number of rotatable bonds is 4. The minimum atomic E-state index is -0.289. The van der Waals surface area contributed by atoms with Crippen molar-refractivity contribution in [2.45, 2.75) is 26.2 Å². The first kappa shape index (κ1) is 10.7. The van der Waals surface area contributed by atoms with E-state index in [2.05, 4.69) is 6.92 Å². The molecular formula is C13H14O3. The molecular weight excluding hydrogens is 204 g/mol. The lowest BCUT2D eigenvalue weighted by Gasteiger charge is -1.98. The normalized spacial score (nSPS) is 17.7. The summed E-state index contributed by atoms with van der Waals surface area (Å²) in [5.74, 6) is 1.13. The standard InChI is InChI=1S/C13H14O3/c1-2-3-5-12-9-10(13(14)16-12)8-11-6-4-7-15-11/h4,6-9H,2-3,5H2,1H3/b10-8+. The molecule has 84 valence electrons. The molecule has 1 aromatic heterocycles. The number of hydrogen-bond acceptors (Lipinski definition) is 3. The van der Waals surface area contributed by atoms with Gasteiger partial charge in [0.25, 0.3) is 0 Å². The quantitative estimate of drug-likeness (QED) is 0.575. The maximum atomic E-state index is 11.5. The largest absolute Gasteiger partial charge is 0.465 e. The molecule has 1 aromatic rings. The number of unbranched alkanes of at least 4 members (excludes halogenated alkanes) is 1. The molecule has 0 aromatic carbocycles. The lowest BCUT2D eigenvalue weighted by atomic mass is 10.2. The third-order valence-electron chi connectivity index (χ3n) is 2.39. The fourth-order valence-corrected chi connectivity index (χ4v) is 1.54. The Morgan fingerprint density at radius 3 is 3.00 bits per heavy atom. The van der Waals surface area contributed by atoms with E-state index in [4.69, 9.17) is 9.15 Å². The van der Waals surface area contributed by atoms with Crippen molar-refractivity contribution in [3.05, 3.63) is 41.6 Å². The monoisotopic (exact) mass is 218 g/mol. The van der Waals surface area contributed by atoms with E-state index in [-0.39, 0.29) is 5.97 Å². The summed E-state index contributed by atoms with van der Waals surface area (Å²) >= 11 is 0. The van der Waals surface area contributed by atoms with Gasteiger partial charge < -0.3 is 9.15 Å². The molecule has 1 aliphatic heterocycles. The van der Waals surface area contributed by atoms with Gasteiger partial charge in [-0.15, -0.1) is 0 Å². The Balaban J connectivity index is 2.10. The van der Waals surface area contributed by atoms with Crippen LogP contribution < -0.4 is 0 Å². The molecule has 0 amide bonds. The average Bonchev–Trinajstić information content (AvgIpc) is 2.87. The number of esters is 1. The molecule has 0 radical (unpaired) electrons. The number of allylic oxidation sites excluding steroid dienone is 1. The zero-order valence-electron chi connectivity index (χ0n) is 9.23. The summed E-state index contributed by atoms with van der Waals surface area (Å²) in [6.07, 6.45) is 8.01. The predicted molar refractivity (Wildman–Crippen MR) is 60.4 cm³/mol. The van der Waals surface area contributed by atoms with Crippen LogP contribution in [-0.4, -0.2) is 5.97 Å². The minimum absolute atomic E-state index is 0.289. The Kier molecular flexibility index (Phi) is 3.25. The Bertz CT molecular complexity index is 424. The molecule has 3 heteroatoms. The van der Waals surface area contributed by atoms with Crippen LogP contribution in [0.3, 0.4) is 0 Å². The first-order chi connectivity index (χ1) is 7.79. The molecule has 1 aliphatic rings. The first-order valence-electron chi connectivity index (χ1n) is 5.47. The van der Waals surface area contributed by atoms with E-state index in [9.17, 15) is 4.79 Å². The number of cyclic esters (lactones) is 1. The van der Waals surface area contributed by atoms with Crippen LogP contribution in [0.25, 0.3) is 6.08 Å². The van der Waals surface area contributed by atoms with Crippen LogP contribution in [0.1, 0.15) is 31.9 Å². The molecule has 0 N–H and O–H groups in total. The Morgan fingerprint density at radius 2 is 2.31 bits per heavy atom. The topological polar surface area (TPSA) is 39.4 Å². The van der Waals surface area contributed by atoms with Gasteiger partial charge in [-0.2, -0.15) is 0 Å². The first-order valence-corrected chi connectivity index (χ1v) is 5.47. The lowest BCUT2D eigenvalue weighted by molar-refractivity contribution is -0.133. The van der Waals surface area contributed by atoms with Gasteiger partial charge >= 0.3 is 5.97 Å². The van der Waals surface area contributed by atoms with Gasteiger partial charge in [-0.1, -0.05) is 13.3 Å². The van der Waals surface area contributed by atoms with E-state index in [1.807, 2.05) is 0 Å². The minimum Gasteiger partial charge on any atom is -0.465 e. The zero-order valence-corrected chi connectivity index (χ0v) is 9.23. The highest BCUT2D eigenvalue weighted by Crippen LogP contribution is 2.23. The van der Waals surface area contributed by atoms with E-state index >= 15 is 0 Å². The summed E-state index contributed by atoms with van der Waals surface area (Å²) in [6.45, 7) is 2.11. The number of carbonyl (C=O) groups is 1. The van der Waals surface area contributed by atoms with Crippen LogP contribution >= 0.6 is 0 Å². The molecule has 0 bridgehead atoms. The highest BCUT2D eigenvalue weighted by atomic mass is 16.5. The van der Waals surface area contributed by atoms with Crippen LogP contribution in [0.15, 0.2) is 40.2 Å². The third-order valence-corrected chi connectivity index (χ3v) is 2.39. The predicted octanol–water partition coefficient (Wildman–Crippen LogP) is 3.29. The summed E-state index contributed by atoms with van der Waals surface area (Å²) in [7, 11) is 0. The van der Waals surface area contributed by atoms with Crippen molar-refractivity contribution in [2.75, 3.05) is 0 Å². The number of carbonyl (C=O) groups excluding carboxylic acids is 1. The van der Waals surface area contributed by atoms with Crippen molar-refractivity contribution in [1.82, 2.24) is 0 Å². The van der Waals surface area contributed by atoms with Gasteiger partial charge in [-0.05, 0) is 30.7 Å². The smallest absolute Gasteiger partial charge is 0.343 e. The van der Waals surface area contributed by atoms with Crippen LogP contribution in [-0.2, 0) is 9.53 Å². The van der Waals surface area contributed by atoms with Crippen molar-refractivity contribution in [1.29, 1.82) is 0 Å². The van der Waals surface area contributed by atoms with Gasteiger partial charge in [-0.25, -0.2) is 4.79 Å². The summed E-state index contributed by atoms with van der Waals surface area (Å²) in [4.78, 5) is 11.5. The second kappa shape index (κ2) is 4.84. The zero-order chi connectivity index (χ0) is 11.4. The van der Waals surface area contributed by atoms with Crippen LogP contribution in [0, 0.1) is 0 Å². The van der Waals surface area contributed by atoms with Crippen molar-refractivity contribution in [2.24, 2.45) is 0 Å². The lowest BCUT2D eigenvalue weighted by Crippen LogP contribution is -1.97. The van der Waals surface area contributed by atoms with E-state index in [0.29, 0.717) is 11.3 Å². The molecule has 16 heavy (non-hydrogen) atoms. The van der Waals surface area contributed by atoms with Crippen molar-refractivity contribution < 1.29 is 13.9 Å². The molecule has 0 atom stereocenters. The number of hydrogen-bond donors (Lipinski definition) is 0.